The van der Waals surface area contributed by atoms with Gasteiger partial charge in [0.1, 0.15) is 5.76 Å². The Morgan fingerprint density at radius 3 is 3.11 bits per heavy atom. The molecule has 100 valence electrons. The summed E-state index contributed by atoms with van der Waals surface area (Å²) >= 11 is 0. The molecule has 2 rings (SSSR count). The fourth-order valence-electron chi connectivity index (χ4n) is 2.14. The van der Waals surface area contributed by atoms with E-state index in [-0.39, 0.29) is 11.4 Å². The number of hydrogen-bond donors (Lipinski definition) is 2. The van der Waals surface area contributed by atoms with Gasteiger partial charge in [0.2, 0.25) is 5.91 Å². The fourth-order valence-corrected chi connectivity index (χ4v) is 2.14. The van der Waals surface area contributed by atoms with E-state index < -0.39 is 0 Å². The van der Waals surface area contributed by atoms with Crippen LogP contribution in [0.2, 0.25) is 0 Å². The molecule has 1 aromatic rings. The van der Waals surface area contributed by atoms with Crippen molar-refractivity contribution in [1.82, 2.24) is 15.5 Å². The Hall–Kier alpha value is -1.33. The van der Waals surface area contributed by atoms with E-state index in [1.165, 1.54) is 0 Å². The molecule has 0 bridgehead atoms. The van der Waals surface area contributed by atoms with E-state index in [2.05, 4.69) is 29.4 Å². The summed E-state index contributed by atoms with van der Waals surface area (Å²) in [5.41, 5.74) is 0.0280. The highest BCUT2D eigenvalue weighted by atomic mass is 16.3. The standard InChI is InChI=1S/C13H21N3O2/c1-13(2)10-14-5-6-16(13)9-12(17)15-8-11-4-3-7-18-11/h3-4,7,14H,5-6,8-10H2,1-2H3,(H,15,17). The monoisotopic (exact) mass is 251 g/mol. The first kappa shape index (κ1) is 13.1. The molecular formula is C13H21N3O2. The molecule has 1 aliphatic heterocycles. The largest absolute Gasteiger partial charge is 0.467 e. The van der Waals surface area contributed by atoms with Crippen molar-refractivity contribution in [3.05, 3.63) is 24.2 Å². The quantitative estimate of drug-likeness (QED) is 0.822. The third kappa shape index (κ3) is 3.34. The smallest absolute Gasteiger partial charge is 0.234 e. The SMILES string of the molecule is CC1(C)CNCCN1CC(=O)NCc1ccco1. The highest BCUT2D eigenvalue weighted by Gasteiger charge is 2.30. The van der Waals surface area contributed by atoms with E-state index in [4.69, 9.17) is 4.42 Å². The van der Waals surface area contributed by atoms with E-state index >= 15 is 0 Å². The van der Waals surface area contributed by atoms with Crippen LogP contribution in [0.1, 0.15) is 19.6 Å². The predicted molar refractivity (Wildman–Crippen MR) is 69.1 cm³/mol. The number of hydrogen-bond acceptors (Lipinski definition) is 4. The molecule has 2 heterocycles. The summed E-state index contributed by atoms with van der Waals surface area (Å²) in [6, 6.07) is 3.68. The second-order valence-corrected chi connectivity index (χ2v) is 5.27. The lowest BCUT2D eigenvalue weighted by Gasteiger charge is -2.42. The van der Waals surface area contributed by atoms with Crippen molar-refractivity contribution < 1.29 is 9.21 Å². The van der Waals surface area contributed by atoms with E-state index in [9.17, 15) is 4.79 Å². The summed E-state index contributed by atoms with van der Waals surface area (Å²) < 4.78 is 5.18. The fraction of sp³-hybridized carbons (Fsp3) is 0.615. The number of carbonyl (C=O) groups excluding carboxylic acids is 1. The average molecular weight is 251 g/mol. The van der Waals surface area contributed by atoms with Gasteiger partial charge in [-0.1, -0.05) is 0 Å². The number of furan rings is 1. The number of piperazine rings is 1. The molecule has 0 saturated carbocycles. The van der Waals surface area contributed by atoms with Crippen LogP contribution in [-0.4, -0.2) is 42.5 Å². The summed E-state index contributed by atoms with van der Waals surface area (Å²) in [5.74, 6) is 0.823. The Labute approximate surface area is 108 Å². The lowest BCUT2D eigenvalue weighted by Crippen LogP contribution is -2.59. The number of nitrogens with one attached hydrogen (secondary N) is 2. The van der Waals surface area contributed by atoms with Crippen LogP contribution in [0.3, 0.4) is 0 Å². The molecule has 0 unspecified atom stereocenters. The predicted octanol–water partition coefficient (Wildman–Crippen LogP) is 0.580. The Balaban J connectivity index is 1.79. The normalized spacial score (nSPS) is 19.7. The van der Waals surface area contributed by atoms with Crippen LogP contribution in [0.4, 0.5) is 0 Å². The Morgan fingerprint density at radius 1 is 1.61 bits per heavy atom. The van der Waals surface area contributed by atoms with E-state index in [0.29, 0.717) is 13.1 Å². The molecule has 0 radical (unpaired) electrons. The molecule has 0 atom stereocenters. The van der Waals surface area contributed by atoms with E-state index in [0.717, 1.165) is 25.4 Å². The van der Waals surface area contributed by atoms with Crippen LogP contribution < -0.4 is 10.6 Å². The third-order valence-electron chi connectivity index (χ3n) is 3.35. The van der Waals surface area contributed by atoms with Crippen molar-refractivity contribution in [3.8, 4) is 0 Å². The van der Waals surface area contributed by atoms with Gasteiger partial charge in [-0.2, -0.15) is 0 Å². The summed E-state index contributed by atoms with van der Waals surface area (Å²) in [5, 5.41) is 6.22. The summed E-state index contributed by atoms with van der Waals surface area (Å²) in [7, 11) is 0. The van der Waals surface area contributed by atoms with E-state index in [1.54, 1.807) is 6.26 Å². The first-order chi connectivity index (χ1) is 8.58. The molecule has 5 nitrogen and oxygen atoms in total. The molecule has 18 heavy (non-hydrogen) atoms. The minimum atomic E-state index is 0.0280. The van der Waals surface area contributed by atoms with Crippen LogP contribution in [0.5, 0.6) is 0 Å². The molecule has 2 N–H and O–H groups in total. The second-order valence-electron chi connectivity index (χ2n) is 5.27. The number of rotatable bonds is 4. The number of amides is 1. The van der Waals surface area contributed by atoms with Crippen molar-refractivity contribution in [1.29, 1.82) is 0 Å². The molecule has 1 fully saturated rings. The zero-order valence-electron chi connectivity index (χ0n) is 11.0. The molecule has 0 spiro atoms. The van der Waals surface area contributed by atoms with Crippen LogP contribution in [-0.2, 0) is 11.3 Å². The van der Waals surface area contributed by atoms with Crippen molar-refractivity contribution in [2.45, 2.75) is 25.9 Å². The average Bonchev–Trinajstić information content (AvgIpc) is 2.82. The lowest BCUT2D eigenvalue weighted by atomic mass is 10.0. The zero-order valence-corrected chi connectivity index (χ0v) is 11.0. The van der Waals surface area contributed by atoms with Crippen LogP contribution in [0.15, 0.2) is 22.8 Å². The number of nitrogens with zero attached hydrogens (tertiary/aromatic N) is 1. The minimum absolute atomic E-state index is 0.0280. The lowest BCUT2D eigenvalue weighted by molar-refractivity contribution is -0.124. The molecule has 1 aromatic heterocycles. The van der Waals surface area contributed by atoms with Gasteiger partial charge in [0.25, 0.3) is 0 Å². The van der Waals surface area contributed by atoms with Gasteiger partial charge in [0, 0.05) is 25.2 Å². The van der Waals surface area contributed by atoms with Gasteiger partial charge in [-0.3, -0.25) is 9.69 Å². The van der Waals surface area contributed by atoms with Gasteiger partial charge in [-0.15, -0.1) is 0 Å². The molecular weight excluding hydrogens is 230 g/mol. The van der Waals surface area contributed by atoms with Crippen molar-refractivity contribution in [2.24, 2.45) is 0 Å². The number of carbonyl (C=O) groups is 1. The minimum Gasteiger partial charge on any atom is -0.467 e. The molecule has 0 aliphatic carbocycles. The summed E-state index contributed by atoms with van der Waals surface area (Å²) in [6.45, 7) is 7.96. The van der Waals surface area contributed by atoms with Gasteiger partial charge in [-0.25, -0.2) is 0 Å². The van der Waals surface area contributed by atoms with E-state index in [1.807, 2.05) is 12.1 Å². The van der Waals surface area contributed by atoms with Gasteiger partial charge < -0.3 is 15.1 Å². The molecule has 1 amide bonds. The Morgan fingerprint density at radius 2 is 2.44 bits per heavy atom. The van der Waals surface area contributed by atoms with Gasteiger partial charge >= 0.3 is 0 Å². The topological polar surface area (TPSA) is 57.5 Å². The van der Waals surface area contributed by atoms with Crippen molar-refractivity contribution in [2.75, 3.05) is 26.2 Å². The van der Waals surface area contributed by atoms with Gasteiger partial charge in [-0.05, 0) is 26.0 Å². The van der Waals surface area contributed by atoms with Gasteiger partial charge in [0.05, 0.1) is 19.4 Å². The van der Waals surface area contributed by atoms with Crippen LogP contribution in [0, 0.1) is 0 Å². The van der Waals surface area contributed by atoms with Crippen molar-refractivity contribution >= 4 is 5.91 Å². The summed E-state index contributed by atoms with van der Waals surface area (Å²) in [4.78, 5) is 14.1. The van der Waals surface area contributed by atoms with Gasteiger partial charge in [0.15, 0.2) is 0 Å². The first-order valence-electron chi connectivity index (χ1n) is 6.33. The maximum Gasteiger partial charge on any atom is 0.234 e. The first-order valence-corrected chi connectivity index (χ1v) is 6.33. The molecule has 1 aliphatic rings. The third-order valence-corrected chi connectivity index (χ3v) is 3.35. The van der Waals surface area contributed by atoms with Crippen LogP contribution in [0.25, 0.3) is 0 Å². The summed E-state index contributed by atoms with van der Waals surface area (Å²) in [6.07, 6.45) is 1.61. The van der Waals surface area contributed by atoms with Crippen LogP contribution >= 0.6 is 0 Å². The maximum absolute atomic E-state index is 11.9. The zero-order chi connectivity index (χ0) is 13.0. The molecule has 1 saturated heterocycles. The Kier molecular flexibility index (Phi) is 4.04. The highest BCUT2D eigenvalue weighted by Crippen LogP contribution is 2.15. The molecule has 0 aromatic carbocycles. The molecule has 5 heteroatoms. The Bertz CT molecular complexity index is 387. The maximum atomic E-state index is 11.9. The highest BCUT2D eigenvalue weighted by molar-refractivity contribution is 5.78. The second kappa shape index (κ2) is 5.54. The van der Waals surface area contributed by atoms with Crippen molar-refractivity contribution in [3.63, 3.8) is 0 Å².